The molecule has 0 fully saturated rings. The number of aromatic hydroxyl groups is 2. The van der Waals surface area contributed by atoms with E-state index in [1.54, 1.807) is 38.1 Å². The fraction of sp³-hybridized carbons (Fsp3) is 0.263. The van der Waals surface area contributed by atoms with E-state index in [4.69, 9.17) is 0 Å². The highest BCUT2D eigenvalue weighted by Crippen LogP contribution is 2.20. The summed E-state index contributed by atoms with van der Waals surface area (Å²) < 4.78 is 0. The summed E-state index contributed by atoms with van der Waals surface area (Å²) in [5.74, 6) is 0.213. The molecular formula is C19H20O4. The molecule has 0 saturated heterocycles. The van der Waals surface area contributed by atoms with E-state index in [0.29, 0.717) is 17.5 Å². The van der Waals surface area contributed by atoms with Crippen LogP contribution in [0.5, 0.6) is 11.5 Å². The van der Waals surface area contributed by atoms with Crippen molar-refractivity contribution in [1.29, 1.82) is 0 Å². The highest BCUT2D eigenvalue weighted by molar-refractivity contribution is 5.99. The number of carbonyl (C=O) groups excluding carboxylic acids is 2. The Morgan fingerprint density at radius 1 is 0.783 bits per heavy atom. The molecule has 0 aliphatic heterocycles. The largest absolute Gasteiger partial charge is 0.508 e. The maximum atomic E-state index is 12.2. The van der Waals surface area contributed by atoms with Crippen molar-refractivity contribution in [2.45, 2.75) is 33.1 Å². The zero-order valence-corrected chi connectivity index (χ0v) is 13.3. The number of phenolic OH excluding ortho intramolecular Hbond substituents is 2. The summed E-state index contributed by atoms with van der Waals surface area (Å²) in [4.78, 5) is 24.4. The minimum absolute atomic E-state index is 0.0299. The van der Waals surface area contributed by atoms with Crippen LogP contribution in [0, 0.1) is 13.8 Å². The van der Waals surface area contributed by atoms with Crippen molar-refractivity contribution < 1.29 is 19.8 Å². The highest BCUT2D eigenvalue weighted by atomic mass is 16.3. The number of aryl methyl sites for hydroxylation is 2. The van der Waals surface area contributed by atoms with E-state index >= 15 is 0 Å². The Hall–Kier alpha value is -2.62. The van der Waals surface area contributed by atoms with Gasteiger partial charge in [0.25, 0.3) is 0 Å². The van der Waals surface area contributed by atoms with Gasteiger partial charge in [-0.25, -0.2) is 0 Å². The van der Waals surface area contributed by atoms with Crippen LogP contribution in [-0.4, -0.2) is 21.8 Å². The fourth-order valence-corrected chi connectivity index (χ4v) is 2.60. The van der Waals surface area contributed by atoms with Crippen molar-refractivity contribution in [3.63, 3.8) is 0 Å². The van der Waals surface area contributed by atoms with E-state index < -0.39 is 0 Å². The molecule has 0 spiro atoms. The summed E-state index contributed by atoms with van der Waals surface area (Å²) in [6.07, 6.45) is 1.04. The summed E-state index contributed by atoms with van der Waals surface area (Å²) in [5, 5.41) is 18.7. The first kappa shape index (κ1) is 16.7. The molecule has 0 bridgehead atoms. The monoisotopic (exact) mass is 312 g/mol. The van der Waals surface area contributed by atoms with Crippen LogP contribution in [0.25, 0.3) is 0 Å². The first-order chi connectivity index (χ1) is 10.9. The number of Topliss-reactive ketones (excluding diaryl/α,β-unsaturated/α-hetero) is 2. The van der Waals surface area contributed by atoms with Crippen molar-refractivity contribution in [2.24, 2.45) is 0 Å². The SMILES string of the molecule is Cc1cc(O)ccc1C(=O)CCCC(=O)c1ccc(O)cc1C. The van der Waals surface area contributed by atoms with Gasteiger partial charge in [-0.3, -0.25) is 9.59 Å². The molecular weight excluding hydrogens is 292 g/mol. The second-order valence-electron chi connectivity index (χ2n) is 5.70. The summed E-state index contributed by atoms with van der Waals surface area (Å²) >= 11 is 0. The van der Waals surface area contributed by atoms with Crippen molar-refractivity contribution in [3.8, 4) is 11.5 Å². The molecule has 2 aromatic carbocycles. The third-order valence-corrected chi connectivity index (χ3v) is 3.83. The molecule has 2 aromatic rings. The number of ketones is 2. The van der Waals surface area contributed by atoms with Crippen LogP contribution in [0.2, 0.25) is 0 Å². The number of benzene rings is 2. The van der Waals surface area contributed by atoms with Crippen LogP contribution < -0.4 is 0 Å². The number of hydrogen-bond acceptors (Lipinski definition) is 4. The van der Waals surface area contributed by atoms with Gasteiger partial charge >= 0.3 is 0 Å². The summed E-state index contributed by atoms with van der Waals surface area (Å²) in [5.41, 5.74) is 2.62. The van der Waals surface area contributed by atoms with Crippen LogP contribution in [0.3, 0.4) is 0 Å². The molecule has 0 saturated carbocycles. The third-order valence-electron chi connectivity index (χ3n) is 3.83. The van der Waals surface area contributed by atoms with Crippen molar-refractivity contribution in [2.75, 3.05) is 0 Å². The van der Waals surface area contributed by atoms with Gasteiger partial charge < -0.3 is 10.2 Å². The minimum atomic E-state index is -0.0299. The van der Waals surface area contributed by atoms with E-state index in [-0.39, 0.29) is 35.9 Å². The van der Waals surface area contributed by atoms with Gasteiger partial charge in [-0.1, -0.05) is 0 Å². The number of phenols is 2. The molecule has 4 heteroatoms. The first-order valence-corrected chi connectivity index (χ1v) is 7.54. The Bertz CT molecular complexity index is 684. The third kappa shape index (κ3) is 4.19. The molecule has 0 radical (unpaired) electrons. The maximum Gasteiger partial charge on any atom is 0.163 e. The van der Waals surface area contributed by atoms with Gasteiger partial charge in [0.1, 0.15) is 11.5 Å². The molecule has 0 heterocycles. The summed E-state index contributed by atoms with van der Waals surface area (Å²) in [6, 6.07) is 9.31. The Labute approximate surface area is 135 Å². The molecule has 0 aliphatic rings. The molecule has 0 aromatic heterocycles. The lowest BCUT2D eigenvalue weighted by Crippen LogP contribution is -2.05. The van der Waals surface area contributed by atoms with E-state index in [1.165, 1.54) is 12.1 Å². The molecule has 0 atom stereocenters. The molecule has 2 rings (SSSR count). The van der Waals surface area contributed by atoms with Gasteiger partial charge in [-0.15, -0.1) is 0 Å². The second-order valence-corrected chi connectivity index (χ2v) is 5.70. The van der Waals surface area contributed by atoms with Gasteiger partial charge in [-0.05, 0) is 67.8 Å². The Balaban J connectivity index is 1.94. The van der Waals surface area contributed by atoms with Crippen molar-refractivity contribution in [1.82, 2.24) is 0 Å². The maximum absolute atomic E-state index is 12.2. The van der Waals surface area contributed by atoms with Gasteiger partial charge in [0, 0.05) is 24.0 Å². The zero-order valence-electron chi connectivity index (χ0n) is 13.3. The standard InChI is InChI=1S/C19H20O4/c1-12-10-14(20)6-8-16(12)18(22)4-3-5-19(23)17-9-7-15(21)11-13(17)2/h6-11,20-21H,3-5H2,1-2H3. The van der Waals surface area contributed by atoms with Crippen LogP contribution in [-0.2, 0) is 0 Å². The van der Waals surface area contributed by atoms with E-state index in [1.807, 2.05) is 0 Å². The van der Waals surface area contributed by atoms with Gasteiger partial charge in [0.15, 0.2) is 11.6 Å². The topological polar surface area (TPSA) is 74.6 Å². The second kappa shape index (κ2) is 7.09. The van der Waals surface area contributed by atoms with Crippen LogP contribution in [0.1, 0.15) is 51.1 Å². The van der Waals surface area contributed by atoms with E-state index in [9.17, 15) is 19.8 Å². The minimum Gasteiger partial charge on any atom is -0.508 e. The van der Waals surface area contributed by atoms with Crippen LogP contribution >= 0.6 is 0 Å². The summed E-state index contributed by atoms with van der Waals surface area (Å²) in [6.45, 7) is 3.55. The Kier molecular flexibility index (Phi) is 5.16. The quantitative estimate of drug-likeness (QED) is 0.792. The zero-order chi connectivity index (χ0) is 17.0. The van der Waals surface area contributed by atoms with Crippen molar-refractivity contribution in [3.05, 3.63) is 58.7 Å². The van der Waals surface area contributed by atoms with Crippen LogP contribution in [0.4, 0.5) is 0 Å². The van der Waals surface area contributed by atoms with Gasteiger partial charge in [0.2, 0.25) is 0 Å². The highest BCUT2D eigenvalue weighted by Gasteiger charge is 2.13. The lowest BCUT2D eigenvalue weighted by Gasteiger charge is -2.07. The predicted molar refractivity (Wildman–Crippen MR) is 88.2 cm³/mol. The van der Waals surface area contributed by atoms with E-state index in [0.717, 1.165) is 11.1 Å². The van der Waals surface area contributed by atoms with Crippen LogP contribution in [0.15, 0.2) is 36.4 Å². The predicted octanol–water partition coefficient (Wildman–Crippen LogP) is 3.95. The molecule has 23 heavy (non-hydrogen) atoms. The molecule has 2 N–H and O–H groups in total. The molecule has 0 amide bonds. The fourth-order valence-electron chi connectivity index (χ4n) is 2.60. The lowest BCUT2D eigenvalue weighted by molar-refractivity contribution is 0.0957. The Morgan fingerprint density at radius 3 is 1.52 bits per heavy atom. The number of rotatable bonds is 6. The number of hydrogen-bond donors (Lipinski definition) is 2. The molecule has 120 valence electrons. The van der Waals surface area contributed by atoms with Gasteiger partial charge in [-0.2, -0.15) is 0 Å². The van der Waals surface area contributed by atoms with Crippen molar-refractivity contribution >= 4 is 11.6 Å². The van der Waals surface area contributed by atoms with Gasteiger partial charge in [0.05, 0.1) is 0 Å². The molecule has 4 nitrogen and oxygen atoms in total. The Morgan fingerprint density at radius 2 is 1.17 bits per heavy atom. The first-order valence-electron chi connectivity index (χ1n) is 7.54. The molecule has 0 unspecified atom stereocenters. The average Bonchev–Trinajstić information content (AvgIpc) is 2.46. The van der Waals surface area contributed by atoms with E-state index in [2.05, 4.69) is 0 Å². The summed E-state index contributed by atoms with van der Waals surface area (Å²) in [7, 11) is 0. The smallest absolute Gasteiger partial charge is 0.163 e. The number of carbonyl (C=O) groups is 2. The normalized spacial score (nSPS) is 10.5. The average molecular weight is 312 g/mol. The lowest BCUT2D eigenvalue weighted by atomic mass is 9.97. The molecule has 0 aliphatic carbocycles.